The van der Waals surface area contributed by atoms with E-state index in [1.807, 2.05) is 12.1 Å². The Morgan fingerprint density at radius 2 is 1.78 bits per heavy atom. The lowest BCUT2D eigenvalue weighted by atomic mass is 10.3. The summed E-state index contributed by atoms with van der Waals surface area (Å²) in [6.45, 7) is 0. The van der Waals surface area contributed by atoms with E-state index in [9.17, 15) is 0 Å². The summed E-state index contributed by atoms with van der Waals surface area (Å²) in [7, 11) is 0. The third-order valence-corrected chi connectivity index (χ3v) is 1.47. The number of halogens is 1. The molecule has 0 saturated heterocycles. The van der Waals surface area contributed by atoms with Crippen molar-refractivity contribution in [3.8, 4) is 0 Å². The van der Waals surface area contributed by atoms with Crippen molar-refractivity contribution in [3.63, 3.8) is 0 Å². The predicted octanol–water partition coefficient (Wildman–Crippen LogP) is 2.93. The Hall–Kier alpha value is -0.880. The smallest absolute Gasteiger partial charge is 0.0508 e. The van der Waals surface area contributed by atoms with Crippen LogP contribution in [-0.4, -0.2) is 0 Å². The summed E-state index contributed by atoms with van der Waals surface area (Å²) in [6, 6.07) is 7.05. The van der Waals surface area contributed by atoms with E-state index >= 15 is 0 Å². The van der Waals surface area contributed by atoms with Gasteiger partial charge in [0.15, 0.2) is 4.98 Å². The van der Waals surface area contributed by atoms with Crippen LogP contribution in [0.3, 0.4) is 0 Å². The van der Waals surface area contributed by atoms with E-state index in [0.29, 0.717) is 5.69 Å². The molecule has 0 amide bonds. The van der Waals surface area contributed by atoms with Gasteiger partial charge in [0.25, 0.3) is 0 Å². The monoisotopic (exact) mass is 183 g/mol. The SMILES string of the molecule is N#[N+]c1ccc(Br)cc1. The van der Waals surface area contributed by atoms with Crippen molar-refractivity contribution in [1.82, 2.24) is 0 Å². The van der Waals surface area contributed by atoms with Crippen molar-refractivity contribution in [2.24, 2.45) is 0 Å². The molecule has 0 radical (unpaired) electrons. The van der Waals surface area contributed by atoms with Gasteiger partial charge in [-0.25, -0.2) is 0 Å². The van der Waals surface area contributed by atoms with Crippen LogP contribution in [0.1, 0.15) is 0 Å². The quantitative estimate of drug-likeness (QED) is 0.569. The molecule has 0 N–H and O–H groups in total. The van der Waals surface area contributed by atoms with Crippen LogP contribution in [-0.2, 0) is 0 Å². The zero-order valence-electron chi connectivity index (χ0n) is 4.58. The highest BCUT2D eigenvalue weighted by Crippen LogP contribution is 2.15. The molecule has 0 spiro atoms. The van der Waals surface area contributed by atoms with Crippen molar-refractivity contribution >= 4 is 21.6 Å². The second kappa shape index (κ2) is 2.60. The molecule has 3 heteroatoms. The number of hydrogen-bond donors (Lipinski definition) is 0. The Morgan fingerprint density at radius 1 is 1.22 bits per heavy atom. The third kappa shape index (κ3) is 1.51. The molecule has 0 bridgehead atoms. The zero-order valence-corrected chi connectivity index (χ0v) is 6.17. The van der Waals surface area contributed by atoms with Crippen molar-refractivity contribution in [2.75, 3.05) is 0 Å². The van der Waals surface area contributed by atoms with Crippen molar-refractivity contribution in [3.05, 3.63) is 33.7 Å². The number of hydrogen-bond acceptors (Lipinski definition) is 1. The highest BCUT2D eigenvalue weighted by atomic mass is 79.9. The molecular weight excluding hydrogens is 180 g/mol. The van der Waals surface area contributed by atoms with Gasteiger partial charge < -0.3 is 0 Å². The lowest BCUT2D eigenvalue weighted by Gasteiger charge is -1.79. The van der Waals surface area contributed by atoms with E-state index in [-0.39, 0.29) is 0 Å². The minimum absolute atomic E-state index is 0.568. The molecule has 0 fully saturated rings. The van der Waals surface area contributed by atoms with Gasteiger partial charge in [0.1, 0.15) is 0 Å². The van der Waals surface area contributed by atoms with E-state index in [1.165, 1.54) is 0 Å². The first-order valence-corrected chi connectivity index (χ1v) is 3.23. The van der Waals surface area contributed by atoms with E-state index in [4.69, 9.17) is 5.39 Å². The van der Waals surface area contributed by atoms with Crippen LogP contribution in [0.25, 0.3) is 4.98 Å². The lowest BCUT2D eigenvalue weighted by Crippen LogP contribution is -1.60. The second-order valence-corrected chi connectivity index (χ2v) is 2.49. The number of diazo groups is 1. The minimum atomic E-state index is 0.568. The van der Waals surface area contributed by atoms with Crippen LogP contribution in [0.5, 0.6) is 0 Å². The average Bonchev–Trinajstić information content (AvgIpc) is 1.90. The van der Waals surface area contributed by atoms with Crippen LogP contribution in [0.2, 0.25) is 0 Å². The molecule has 1 aromatic carbocycles. The van der Waals surface area contributed by atoms with E-state index in [0.717, 1.165) is 4.47 Å². The van der Waals surface area contributed by atoms with Crippen molar-refractivity contribution < 1.29 is 0 Å². The molecule has 0 aromatic heterocycles. The average molecular weight is 184 g/mol. The third-order valence-electron chi connectivity index (χ3n) is 0.942. The first-order valence-electron chi connectivity index (χ1n) is 2.43. The molecule has 0 saturated carbocycles. The van der Waals surface area contributed by atoms with Gasteiger partial charge in [-0.2, -0.15) is 0 Å². The Bertz CT molecular complexity index is 234. The predicted molar refractivity (Wildman–Crippen MR) is 38.9 cm³/mol. The number of rotatable bonds is 0. The van der Waals surface area contributed by atoms with Crippen LogP contribution < -0.4 is 0 Å². The van der Waals surface area contributed by atoms with Gasteiger partial charge in [-0.15, -0.1) is 0 Å². The van der Waals surface area contributed by atoms with Crippen LogP contribution in [0.4, 0.5) is 5.69 Å². The van der Waals surface area contributed by atoms with Gasteiger partial charge >= 0.3 is 5.69 Å². The number of nitrogens with zero attached hydrogens (tertiary/aromatic N) is 2. The summed E-state index contributed by atoms with van der Waals surface area (Å²) in [5.41, 5.74) is 0.568. The molecule has 0 aliphatic rings. The maximum absolute atomic E-state index is 8.24. The van der Waals surface area contributed by atoms with Crippen molar-refractivity contribution in [1.29, 1.82) is 5.39 Å². The molecule has 0 atom stereocenters. The molecule has 0 heterocycles. The minimum Gasteiger partial charge on any atom is -0.0508 e. The fourth-order valence-electron chi connectivity index (χ4n) is 0.508. The highest BCUT2D eigenvalue weighted by Gasteiger charge is 1.99. The zero-order chi connectivity index (χ0) is 6.69. The lowest BCUT2D eigenvalue weighted by molar-refractivity contribution is 1.46. The molecule has 9 heavy (non-hydrogen) atoms. The summed E-state index contributed by atoms with van der Waals surface area (Å²) < 4.78 is 0.981. The molecular formula is C6H4BrN2+. The first kappa shape index (κ1) is 6.24. The maximum Gasteiger partial charge on any atom is 0.385 e. The molecule has 1 aromatic rings. The summed E-state index contributed by atoms with van der Waals surface area (Å²) in [5.74, 6) is 0. The summed E-state index contributed by atoms with van der Waals surface area (Å²) >= 11 is 3.25. The van der Waals surface area contributed by atoms with Gasteiger partial charge in [0.05, 0.1) is 0 Å². The molecule has 0 aliphatic carbocycles. The fourth-order valence-corrected chi connectivity index (χ4v) is 0.772. The Balaban J connectivity index is 3.06. The van der Waals surface area contributed by atoms with Gasteiger partial charge in [-0.05, 0) is 12.1 Å². The topological polar surface area (TPSA) is 28.1 Å². The van der Waals surface area contributed by atoms with E-state index in [2.05, 4.69) is 20.9 Å². The van der Waals surface area contributed by atoms with E-state index in [1.54, 1.807) is 12.1 Å². The molecule has 44 valence electrons. The molecule has 1 rings (SSSR count). The van der Waals surface area contributed by atoms with Gasteiger partial charge in [-0.3, -0.25) is 0 Å². The van der Waals surface area contributed by atoms with Gasteiger partial charge in [-0.1, -0.05) is 15.9 Å². The van der Waals surface area contributed by atoms with Crippen LogP contribution >= 0.6 is 15.9 Å². The molecule has 2 nitrogen and oxygen atoms in total. The largest absolute Gasteiger partial charge is 0.385 e. The number of benzene rings is 1. The summed E-state index contributed by atoms with van der Waals surface area (Å²) in [5, 5.41) is 8.24. The van der Waals surface area contributed by atoms with Gasteiger partial charge in [0, 0.05) is 16.6 Å². The Kier molecular flexibility index (Phi) is 1.81. The molecule has 0 unspecified atom stereocenters. The summed E-state index contributed by atoms with van der Waals surface area (Å²) in [4.78, 5) is 2.99. The molecule has 0 aliphatic heterocycles. The van der Waals surface area contributed by atoms with Crippen LogP contribution in [0.15, 0.2) is 28.7 Å². The standard InChI is InChI=1S/C6H4BrN2/c7-5-1-3-6(9-8)4-2-5/h1-4H/q+1. The first-order chi connectivity index (χ1) is 4.33. The van der Waals surface area contributed by atoms with E-state index < -0.39 is 0 Å². The Morgan fingerprint density at radius 3 is 2.22 bits per heavy atom. The normalized spacial score (nSPS) is 8.44. The second-order valence-electron chi connectivity index (χ2n) is 1.58. The van der Waals surface area contributed by atoms with Crippen molar-refractivity contribution in [2.45, 2.75) is 0 Å². The van der Waals surface area contributed by atoms with Crippen LogP contribution in [0, 0.1) is 5.39 Å². The van der Waals surface area contributed by atoms with Gasteiger partial charge in [0.2, 0.25) is 5.39 Å². The highest BCUT2D eigenvalue weighted by molar-refractivity contribution is 9.10. The summed E-state index contributed by atoms with van der Waals surface area (Å²) in [6.07, 6.45) is 0. The Labute approximate surface area is 61.3 Å². The maximum atomic E-state index is 8.24. The fraction of sp³-hybridized carbons (Fsp3) is 0.